The summed E-state index contributed by atoms with van der Waals surface area (Å²) in [6.07, 6.45) is 0.986. The van der Waals surface area contributed by atoms with Crippen molar-refractivity contribution in [3.8, 4) is 5.75 Å². The molecule has 0 radical (unpaired) electrons. The highest BCUT2D eigenvalue weighted by Gasteiger charge is 2.33. The lowest BCUT2D eigenvalue weighted by molar-refractivity contribution is -0.141. The maximum Gasteiger partial charge on any atom is 0.243 e. The summed E-state index contributed by atoms with van der Waals surface area (Å²) in [7, 11) is -1.06. The molecule has 4 rings (SSSR count). The standard InChI is InChI=1S/C34H39N3O5S/c1-5-25(2)35-34(39)32(21-26-12-7-6-8-13-26)37(23-27-14-11-17-30(20-27)42-4)33(38)24-36(3)43(40,41)31-19-18-28-15-9-10-16-29(28)22-31/h6-20,22,25,32H,5,21,23-24H2,1-4H3,(H,35,39)/t25-,32+/m1/s1. The number of amides is 2. The maximum absolute atomic E-state index is 14.1. The Morgan fingerprint density at radius 2 is 1.53 bits per heavy atom. The van der Waals surface area contributed by atoms with Gasteiger partial charge in [0.25, 0.3) is 0 Å². The van der Waals surface area contributed by atoms with Crippen LogP contribution < -0.4 is 10.1 Å². The van der Waals surface area contributed by atoms with Gasteiger partial charge in [0.2, 0.25) is 21.8 Å². The van der Waals surface area contributed by atoms with Crippen molar-refractivity contribution < 1.29 is 22.7 Å². The van der Waals surface area contributed by atoms with Crippen molar-refractivity contribution in [3.63, 3.8) is 0 Å². The summed E-state index contributed by atoms with van der Waals surface area (Å²) in [5, 5.41) is 4.73. The third-order valence-corrected chi connectivity index (χ3v) is 9.35. The fourth-order valence-electron chi connectivity index (χ4n) is 4.84. The molecule has 4 aromatic rings. The van der Waals surface area contributed by atoms with Crippen LogP contribution in [0.3, 0.4) is 0 Å². The van der Waals surface area contributed by atoms with E-state index in [0.717, 1.165) is 32.6 Å². The summed E-state index contributed by atoms with van der Waals surface area (Å²) in [6, 6.07) is 28.2. The summed E-state index contributed by atoms with van der Waals surface area (Å²) in [5.74, 6) is -0.172. The number of hydrogen-bond donors (Lipinski definition) is 1. The smallest absolute Gasteiger partial charge is 0.243 e. The third kappa shape index (κ3) is 8.00. The Kier molecular flexibility index (Phi) is 10.6. The molecule has 0 saturated heterocycles. The van der Waals surface area contributed by atoms with Crippen molar-refractivity contribution in [1.82, 2.24) is 14.5 Å². The van der Waals surface area contributed by atoms with Crippen LogP contribution in [0.15, 0.2) is 102 Å². The average molecular weight is 602 g/mol. The van der Waals surface area contributed by atoms with Gasteiger partial charge >= 0.3 is 0 Å². The molecule has 0 spiro atoms. The Hall–Kier alpha value is -4.21. The SMILES string of the molecule is CC[C@@H](C)NC(=O)[C@H](Cc1ccccc1)N(Cc1cccc(OC)c1)C(=O)CN(C)S(=O)(=O)c1ccc2ccccc2c1. The number of hydrogen-bond acceptors (Lipinski definition) is 5. The number of likely N-dealkylation sites (N-methyl/N-ethyl adjacent to an activating group) is 1. The summed E-state index contributed by atoms with van der Waals surface area (Å²) < 4.78 is 33.7. The second kappa shape index (κ2) is 14.3. The van der Waals surface area contributed by atoms with Crippen LogP contribution in [0.25, 0.3) is 10.8 Å². The lowest BCUT2D eigenvalue weighted by Gasteiger charge is -2.33. The van der Waals surface area contributed by atoms with E-state index < -0.39 is 28.5 Å². The molecular formula is C34H39N3O5S. The second-order valence-electron chi connectivity index (χ2n) is 10.7. The van der Waals surface area contributed by atoms with E-state index in [1.165, 1.54) is 11.9 Å². The van der Waals surface area contributed by atoms with E-state index in [1.807, 2.05) is 86.6 Å². The molecule has 0 saturated carbocycles. The molecule has 43 heavy (non-hydrogen) atoms. The van der Waals surface area contributed by atoms with Crippen LogP contribution in [-0.2, 0) is 32.6 Å². The minimum Gasteiger partial charge on any atom is -0.497 e. The van der Waals surface area contributed by atoms with Crippen LogP contribution in [0, 0.1) is 0 Å². The fraction of sp³-hybridized carbons (Fsp3) is 0.294. The summed E-state index contributed by atoms with van der Waals surface area (Å²) >= 11 is 0. The zero-order chi connectivity index (χ0) is 31.0. The first-order valence-electron chi connectivity index (χ1n) is 14.3. The topological polar surface area (TPSA) is 96.0 Å². The van der Waals surface area contributed by atoms with Gasteiger partial charge in [0.05, 0.1) is 18.6 Å². The molecule has 2 atom stereocenters. The first kappa shape index (κ1) is 31.7. The van der Waals surface area contributed by atoms with E-state index in [1.54, 1.807) is 31.4 Å². The minimum atomic E-state index is -4.01. The van der Waals surface area contributed by atoms with Crippen LogP contribution in [-0.4, -0.2) is 62.2 Å². The average Bonchev–Trinajstić information content (AvgIpc) is 3.02. The number of nitrogens with zero attached hydrogens (tertiary/aromatic N) is 2. The predicted octanol–water partition coefficient (Wildman–Crippen LogP) is 5.02. The van der Waals surface area contributed by atoms with Crippen LogP contribution >= 0.6 is 0 Å². The van der Waals surface area contributed by atoms with E-state index in [4.69, 9.17) is 4.74 Å². The number of fused-ring (bicyclic) bond motifs is 1. The van der Waals surface area contributed by atoms with Crippen molar-refractivity contribution in [3.05, 3.63) is 108 Å². The Morgan fingerprint density at radius 1 is 0.860 bits per heavy atom. The van der Waals surface area contributed by atoms with Gasteiger partial charge in [-0.25, -0.2) is 8.42 Å². The van der Waals surface area contributed by atoms with Crippen molar-refractivity contribution in [2.45, 2.75) is 50.2 Å². The monoisotopic (exact) mass is 601 g/mol. The molecule has 0 aromatic heterocycles. The van der Waals surface area contributed by atoms with E-state index in [-0.39, 0.29) is 29.8 Å². The van der Waals surface area contributed by atoms with Crippen LogP contribution in [0.5, 0.6) is 5.75 Å². The van der Waals surface area contributed by atoms with Gasteiger partial charge in [-0.15, -0.1) is 0 Å². The number of ether oxygens (including phenoxy) is 1. The second-order valence-corrected chi connectivity index (χ2v) is 12.7. The molecule has 9 heteroatoms. The Bertz CT molecular complexity index is 1660. The largest absolute Gasteiger partial charge is 0.497 e. The van der Waals surface area contributed by atoms with Crippen molar-refractivity contribution >= 4 is 32.6 Å². The van der Waals surface area contributed by atoms with E-state index in [0.29, 0.717) is 5.75 Å². The molecule has 0 heterocycles. The number of methoxy groups -OCH3 is 1. The number of benzene rings is 4. The highest BCUT2D eigenvalue weighted by Crippen LogP contribution is 2.23. The zero-order valence-corrected chi connectivity index (χ0v) is 25.9. The van der Waals surface area contributed by atoms with Crippen molar-refractivity contribution in [2.24, 2.45) is 0 Å². The Morgan fingerprint density at radius 3 is 2.23 bits per heavy atom. The number of carbonyl (C=O) groups is 2. The van der Waals surface area contributed by atoms with Gasteiger partial charge in [-0.3, -0.25) is 9.59 Å². The fourth-order valence-corrected chi connectivity index (χ4v) is 5.99. The lowest BCUT2D eigenvalue weighted by atomic mass is 10.0. The molecule has 0 unspecified atom stereocenters. The predicted molar refractivity (Wildman–Crippen MR) is 169 cm³/mol. The first-order chi connectivity index (χ1) is 20.6. The summed E-state index contributed by atoms with van der Waals surface area (Å²) in [4.78, 5) is 29.4. The molecule has 8 nitrogen and oxygen atoms in total. The molecular weight excluding hydrogens is 562 g/mol. The van der Waals surface area contributed by atoms with Gasteiger partial charge in [-0.2, -0.15) is 4.31 Å². The van der Waals surface area contributed by atoms with E-state index >= 15 is 0 Å². The number of sulfonamides is 1. The quantitative estimate of drug-likeness (QED) is 0.232. The van der Waals surface area contributed by atoms with E-state index in [2.05, 4.69) is 5.32 Å². The maximum atomic E-state index is 14.1. The molecule has 0 fully saturated rings. The molecule has 0 aliphatic carbocycles. The van der Waals surface area contributed by atoms with Gasteiger partial charge in [0.1, 0.15) is 11.8 Å². The summed E-state index contributed by atoms with van der Waals surface area (Å²) in [6.45, 7) is 3.53. The highest BCUT2D eigenvalue weighted by molar-refractivity contribution is 7.89. The van der Waals surface area contributed by atoms with Gasteiger partial charge in [0, 0.05) is 26.1 Å². The molecule has 4 aromatic carbocycles. The lowest BCUT2D eigenvalue weighted by Crippen LogP contribution is -2.54. The van der Waals surface area contributed by atoms with Crippen molar-refractivity contribution in [1.29, 1.82) is 0 Å². The molecule has 226 valence electrons. The van der Waals surface area contributed by atoms with Crippen LogP contribution in [0.1, 0.15) is 31.4 Å². The van der Waals surface area contributed by atoms with Crippen LogP contribution in [0.4, 0.5) is 0 Å². The molecule has 0 aliphatic rings. The Balaban J connectivity index is 1.69. The third-order valence-electron chi connectivity index (χ3n) is 7.55. The van der Waals surface area contributed by atoms with Crippen LogP contribution in [0.2, 0.25) is 0 Å². The van der Waals surface area contributed by atoms with Gasteiger partial charge in [-0.05, 0) is 59.5 Å². The van der Waals surface area contributed by atoms with Crippen molar-refractivity contribution in [2.75, 3.05) is 20.7 Å². The van der Waals surface area contributed by atoms with Gasteiger partial charge < -0.3 is 15.0 Å². The number of carbonyl (C=O) groups excluding carboxylic acids is 2. The van der Waals surface area contributed by atoms with E-state index in [9.17, 15) is 18.0 Å². The zero-order valence-electron chi connectivity index (χ0n) is 25.1. The van der Waals surface area contributed by atoms with Gasteiger partial charge in [-0.1, -0.05) is 79.7 Å². The molecule has 0 aliphatic heterocycles. The number of nitrogens with one attached hydrogen (secondary N) is 1. The number of rotatable bonds is 13. The first-order valence-corrected chi connectivity index (χ1v) is 15.8. The molecule has 0 bridgehead atoms. The Labute approximate surface area is 254 Å². The summed E-state index contributed by atoms with van der Waals surface area (Å²) in [5.41, 5.74) is 1.63. The van der Waals surface area contributed by atoms with Gasteiger partial charge in [0.15, 0.2) is 0 Å². The molecule has 1 N–H and O–H groups in total. The normalized spacial score (nSPS) is 13.0. The minimum absolute atomic E-state index is 0.0886. The molecule has 2 amide bonds. The highest BCUT2D eigenvalue weighted by atomic mass is 32.2.